The summed E-state index contributed by atoms with van der Waals surface area (Å²) in [6.07, 6.45) is 1.82. The molecule has 2 rings (SSSR count). The van der Waals surface area contributed by atoms with Gasteiger partial charge in [-0.3, -0.25) is 4.98 Å². The maximum atomic E-state index is 5.27. The second-order valence-electron chi connectivity index (χ2n) is 2.95. The molecule has 1 aromatic heterocycles. The topological polar surface area (TPSA) is 22.1 Å². The Morgan fingerprint density at radius 1 is 1.23 bits per heavy atom. The van der Waals surface area contributed by atoms with E-state index < -0.39 is 0 Å². The highest BCUT2D eigenvalue weighted by atomic mass is 16.5. The first kappa shape index (κ1) is 8.05. The van der Waals surface area contributed by atoms with Crippen molar-refractivity contribution in [3.63, 3.8) is 0 Å². The molecule has 0 radical (unpaired) electrons. The normalized spacial score (nSPS) is 10.3. The van der Waals surface area contributed by atoms with E-state index in [0.29, 0.717) is 0 Å². The van der Waals surface area contributed by atoms with Gasteiger partial charge >= 0.3 is 0 Å². The van der Waals surface area contributed by atoms with Crippen molar-refractivity contribution < 1.29 is 4.74 Å². The lowest BCUT2D eigenvalue weighted by Gasteiger charge is -2.06. The van der Waals surface area contributed by atoms with Gasteiger partial charge in [0.2, 0.25) is 0 Å². The van der Waals surface area contributed by atoms with Crippen LogP contribution in [0.3, 0.4) is 0 Å². The Hall–Kier alpha value is -1.57. The Labute approximate surface area is 77.2 Å². The first-order chi connectivity index (χ1) is 6.33. The summed E-state index contributed by atoms with van der Waals surface area (Å²) >= 11 is 0. The highest BCUT2D eigenvalue weighted by Gasteiger charge is 2.03. The Bertz CT molecular complexity index is 432. The summed E-state index contributed by atoms with van der Waals surface area (Å²) in [7, 11) is 1.68. The van der Waals surface area contributed by atoms with Gasteiger partial charge in [0.1, 0.15) is 5.75 Å². The van der Waals surface area contributed by atoms with Gasteiger partial charge in [-0.15, -0.1) is 0 Å². The SMILES string of the molecule is COc1cccc2ccnc(C)c12. The zero-order valence-corrected chi connectivity index (χ0v) is 7.74. The molecule has 0 amide bonds. The fourth-order valence-electron chi connectivity index (χ4n) is 1.54. The number of hydrogen-bond acceptors (Lipinski definition) is 2. The molecule has 1 heterocycles. The Morgan fingerprint density at radius 3 is 2.85 bits per heavy atom. The van der Waals surface area contributed by atoms with Crippen molar-refractivity contribution in [1.82, 2.24) is 4.98 Å². The molecule has 0 aliphatic heterocycles. The maximum absolute atomic E-state index is 5.27. The van der Waals surface area contributed by atoms with E-state index in [9.17, 15) is 0 Å². The van der Waals surface area contributed by atoms with Crippen molar-refractivity contribution in [2.75, 3.05) is 7.11 Å². The average molecular weight is 173 g/mol. The van der Waals surface area contributed by atoms with Gasteiger partial charge in [-0.1, -0.05) is 12.1 Å². The molecular weight excluding hydrogens is 162 g/mol. The third-order valence-electron chi connectivity index (χ3n) is 2.16. The second-order valence-corrected chi connectivity index (χ2v) is 2.95. The number of pyridine rings is 1. The van der Waals surface area contributed by atoms with E-state index in [1.54, 1.807) is 7.11 Å². The third-order valence-corrected chi connectivity index (χ3v) is 2.16. The third kappa shape index (κ3) is 1.24. The number of rotatable bonds is 1. The number of benzene rings is 1. The Morgan fingerprint density at radius 2 is 2.08 bits per heavy atom. The minimum atomic E-state index is 0.892. The molecule has 0 spiro atoms. The molecular formula is C11H11NO. The van der Waals surface area contributed by atoms with E-state index in [0.717, 1.165) is 16.8 Å². The molecule has 1 aromatic carbocycles. The minimum absolute atomic E-state index is 0.892. The molecule has 0 unspecified atom stereocenters. The molecule has 13 heavy (non-hydrogen) atoms. The molecule has 0 bridgehead atoms. The first-order valence-corrected chi connectivity index (χ1v) is 4.21. The minimum Gasteiger partial charge on any atom is -0.496 e. The van der Waals surface area contributed by atoms with Gasteiger partial charge in [0, 0.05) is 17.3 Å². The number of fused-ring (bicyclic) bond motifs is 1. The number of methoxy groups -OCH3 is 1. The van der Waals surface area contributed by atoms with Gasteiger partial charge in [-0.05, 0) is 24.4 Å². The van der Waals surface area contributed by atoms with E-state index in [1.165, 1.54) is 5.39 Å². The number of aryl methyl sites for hydroxylation is 1. The Kier molecular flexibility index (Phi) is 1.89. The molecule has 0 aliphatic rings. The zero-order valence-electron chi connectivity index (χ0n) is 7.74. The largest absolute Gasteiger partial charge is 0.496 e. The van der Waals surface area contributed by atoms with Crippen LogP contribution in [0.2, 0.25) is 0 Å². The molecule has 0 N–H and O–H groups in total. The fourth-order valence-corrected chi connectivity index (χ4v) is 1.54. The molecule has 2 nitrogen and oxygen atoms in total. The molecule has 0 saturated carbocycles. The molecule has 66 valence electrons. The summed E-state index contributed by atoms with van der Waals surface area (Å²) in [5, 5.41) is 2.28. The van der Waals surface area contributed by atoms with E-state index in [2.05, 4.69) is 11.1 Å². The average Bonchev–Trinajstić information content (AvgIpc) is 2.17. The summed E-state index contributed by atoms with van der Waals surface area (Å²) in [5.74, 6) is 0.892. The number of ether oxygens (including phenoxy) is 1. The number of aromatic nitrogens is 1. The van der Waals surface area contributed by atoms with Gasteiger partial charge in [0.05, 0.1) is 7.11 Å². The van der Waals surface area contributed by atoms with Gasteiger partial charge in [0.25, 0.3) is 0 Å². The van der Waals surface area contributed by atoms with Gasteiger partial charge in [0.15, 0.2) is 0 Å². The molecule has 0 aliphatic carbocycles. The second kappa shape index (κ2) is 3.05. The van der Waals surface area contributed by atoms with Crippen molar-refractivity contribution >= 4 is 10.8 Å². The number of hydrogen-bond donors (Lipinski definition) is 0. The monoisotopic (exact) mass is 173 g/mol. The zero-order chi connectivity index (χ0) is 9.26. The molecule has 2 aromatic rings. The van der Waals surface area contributed by atoms with Crippen LogP contribution in [0, 0.1) is 6.92 Å². The molecule has 2 heteroatoms. The lowest BCUT2D eigenvalue weighted by molar-refractivity contribution is 0.419. The van der Waals surface area contributed by atoms with E-state index in [1.807, 2.05) is 31.3 Å². The van der Waals surface area contributed by atoms with Gasteiger partial charge in [-0.25, -0.2) is 0 Å². The maximum Gasteiger partial charge on any atom is 0.128 e. The van der Waals surface area contributed by atoms with Gasteiger partial charge < -0.3 is 4.74 Å². The first-order valence-electron chi connectivity index (χ1n) is 4.21. The predicted molar refractivity (Wildman–Crippen MR) is 53.0 cm³/mol. The van der Waals surface area contributed by atoms with Crippen LogP contribution in [-0.4, -0.2) is 12.1 Å². The van der Waals surface area contributed by atoms with Crippen LogP contribution < -0.4 is 4.74 Å². The van der Waals surface area contributed by atoms with Crippen LogP contribution in [0.1, 0.15) is 5.69 Å². The summed E-state index contributed by atoms with van der Waals surface area (Å²) in [6.45, 7) is 1.99. The molecule has 0 atom stereocenters. The summed E-state index contributed by atoms with van der Waals surface area (Å²) < 4.78 is 5.27. The van der Waals surface area contributed by atoms with Gasteiger partial charge in [-0.2, -0.15) is 0 Å². The van der Waals surface area contributed by atoms with E-state index in [4.69, 9.17) is 4.74 Å². The number of nitrogens with zero attached hydrogens (tertiary/aromatic N) is 1. The highest BCUT2D eigenvalue weighted by molar-refractivity contribution is 5.89. The predicted octanol–water partition coefficient (Wildman–Crippen LogP) is 2.55. The van der Waals surface area contributed by atoms with Crippen molar-refractivity contribution in [3.05, 3.63) is 36.2 Å². The molecule has 0 saturated heterocycles. The van der Waals surface area contributed by atoms with E-state index in [-0.39, 0.29) is 0 Å². The summed E-state index contributed by atoms with van der Waals surface area (Å²) in [5.41, 5.74) is 1.01. The van der Waals surface area contributed by atoms with Crippen LogP contribution in [-0.2, 0) is 0 Å². The van der Waals surface area contributed by atoms with E-state index >= 15 is 0 Å². The Balaban J connectivity index is 2.87. The quantitative estimate of drug-likeness (QED) is 0.661. The summed E-state index contributed by atoms with van der Waals surface area (Å²) in [6, 6.07) is 8.00. The smallest absolute Gasteiger partial charge is 0.128 e. The lowest BCUT2D eigenvalue weighted by atomic mass is 10.1. The van der Waals surface area contributed by atoms with Crippen LogP contribution in [0.25, 0.3) is 10.8 Å². The van der Waals surface area contributed by atoms with Crippen LogP contribution in [0.5, 0.6) is 5.75 Å². The highest BCUT2D eigenvalue weighted by Crippen LogP contribution is 2.26. The van der Waals surface area contributed by atoms with Crippen molar-refractivity contribution in [3.8, 4) is 5.75 Å². The van der Waals surface area contributed by atoms with Crippen molar-refractivity contribution in [1.29, 1.82) is 0 Å². The standard InChI is InChI=1S/C11H11NO/c1-8-11-9(6-7-12-8)4-3-5-10(11)13-2/h3-7H,1-2H3. The molecule has 0 fully saturated rings. The fraction of sp³-hybridized carbons (Fsp3) is 0.182. The van der Waals surface area contributed by atoms with Crippen LogP contribution in [0.15, 0.2) is 30.5 Å². The van der Waals surface area contributed by atoms with Crippen LogP contribution in [0.4, 0.5) is 0 Å². The van der Waals surface area contributed by atoms with Crippen molar-refractivity contribution in [2.24, 2.45) is 0 Å². The van der Waals surface area contributed by atoms with Crippen LogP contribution >= 0.6 is 0 Å². The summed E-state index contributed by atoms with van der Waals surface area (Å²) in [4.78, 5) is 4.24. The lowest BCUT2D eigenvalue weighted by Crippen LogP contribution is -1.88. The van der Waals surface area contributed by atoms with Crippen molar-refractivity contribution in [2.45, 2.75) is 6.92 Å².